The number of anilines is 2. The molecule has 0 unspecified atom stereocenters. The van der Waals surface area contributed by atoms with Gasteiger partial charge in [-0.2, -0.15) is 0 Å². The zero-order chi connectivity index (χ0) is 14.9. The maximum Gasteiger partial charge on any atom is 0.350 e. The summed E-state index contributed by atoms with van der Waals surface area (Å²) in [4.78, 5) is 14.6. The molecule has 1 fully saturated rings. The quantitative estimate of drug-likeness (QED) is 0.817. The van der Waals surface area contributed by atoms with Crippen LogP contribution < -0.4 is 10.6 Å². The van der Waals surface area contributed by atoms with Gasteiger partial charge in [0.2, 0.25) is 0 Å². The zero-order valence-electron chi connectivity index (χ0n) is 12.7. The summed E-state index contributed by atoms with van der Waals surface area (Å²) in [6.45, 7) is 5.43. The monoisotopic (exact) mass is 296 g/mol. The Morgan fingerprint density at radius 1 is 1.50 bits per heavy atom. The molecule has 1 aromatic rings. The molecule has 1 aromatic heterocycles. The van der Waals surface area contributed by atoms with Gasteiger partial charge in [-0.05, 0) is 31.1 Å². The van der Waals surface area contributed by atoms with Gasteiger partial charge < -0.3 is 15.4 Å². The fourth-order valence-corrected chi connectivity index (χ4v) is 3.51. The highest BCUT2D eigenvalue weighted by atomic mass is 32.1. The van der Waals surface area contributed by atoms with Gasteiger partial charge in [0, 0.05) is 19.2 Å². The molecule has 0 atom stereocenters. The van der Waals surface area contributed by atoms with E-state index in [1.165, 1.54) is 36.9 Å². The molecule has 2 N–H and O–H groups in total. The molecule has 0 bridgehead atoms. The van der Waals surface area contributed by atoms with Crippen LogP contribution in [0.4, 0.5) is 10.7 Å². The normalized spacial score (nSPS) is 14.7. The number of carbonyl (C=O) groups excluding carboxylic acids is 1. The molecular formula is C15H24N2O2S. The number of carbonyl (C=O) groups is 1. The average molecular weight is 296 g/mol. The maximum absolute atomic E-state index is 11.8. The Morgan fingerprint density at radius 3 is 2.65 bits per heavy atom. The van der Waals surface area contributed by atoms with Gasteiger partial charge in [-0.15, -0.1) is 11.3 Å². The van der Waals surface area contributed by atoms with Crippen molar-refractivity contribution in [3.63, 3.8) is 0 Å². The lowest BCUT2D eigenvalue weighted by Crippen LogP contribution is -2.19. The lowest BCUT2D eigenvalue weighted by atomic mass is 10.1. The summed E-state index contributed by atoms with van der Waals surface area (Å²) in [6.07, 6.45) is 3.48. The van der Waals surface area contributed by atoms with E-state index in [0.29, 0.717) is 22.4 Å². The van der Waals surface area contributed by atoms with Crippen molar-refractivity contribution in [2.75, 3.05) is 31.3 Å². The first-order valence-electron chi connectivity index (χ1n) is 7.17. The molecule has 20 heavy (non-hydrogen) atoms. The van der Waals surface area contributed by atoms with Crippen LogP contribution in [0.2, 0.25) is 0 Å². The van der Waals surface area contributed by atoms with Crippen LogP contribution >= 0.6 is 11.3 Å². The first-order valence-corrected chi connectivity index (χ1v) is 7.99. The molecule has 4 nitrogen and oxygen atoms in total. The Morgan fingerprint density at radius 2 is 2.15 bits per heavy atom. The maximum atomic E-state index is 11.8. The topological polar surface area (TPSA) is 55.6 Å². The molecule has 1 heterocycles. The molecule has 1 saturated carbocycles. The molecule has 0 aromatic carbocycles. The van der Waals surface area contributed by atoms with E-state index in [1.54, 1.807) is 0 Å². The van der Waals surface area contributed by atoms with Crippen LogP contribution in [-0.2, 0) is 4.74 Å². The summed E-state index contributed by atoms with van der Waals surface area (Å²) >= 11 is 1.47. The smallest absolute Gasteiger partial charge is 0.350 e. The van der Waals surface area contributed by atoms with Gasteiger partial charge in [0.1, 0.15) is 4.88 Å². The largest absolute Gasteiger partial charge is 0.465 e. The van der Waals surface area contributed by atoms with Crippen molar-refractivity contribution < 1.29 is 9.53 Å². The average Bonchev–Trinajstić information content (AvgIpc) is 3.18. The molecule has 112 valence electrons. The van der Waals surface area contributed by atoms with Gasteiger partial charge in [0.25, 0.3) is 0 Å². The summed E-state index contributed by atoms with van der Waals surface area (Å²) in [7, 11) is 3.49. The van der Waals surface area contributed by atoms with Crippen LogP contribution in [0, 0.1) is 5.92 Å². The Kier molecular flexibility index (Phi) is 4.58. The minimum absolute atomic E-state index is 0.321. The number of thiophene rings is 1. The van der Waals surface area contributed by atoms with Crippen LogP contribution in [0.3, 0.4) is 0 Å². The van der Waals surface area contributed by atoms with Crippen molar-refractivity contribution in [3.05, 3.63) is 10.4 Å². The SMILES string of the molecule is COC(=O)c1sc(N(C)CCC(C)C)c(C2CC2)c1N. The highest BCUT2D eigenvalue weighted by Crippen LogP contribution is 2.51. The van der Waals surface area contributed by atoms with Crippen LogP contribution in [0.25, 0.3) is 0 Å². The summed E-state index contributed by atoms with van der Waals surface area (Å²) < 4.78 is 4.84. The Bertz CT molecular complexity index is 492. The third-order valence-corrected chi connectivity index (χ3v) is 5.02. The van der Waals surface area contributed by atoms with Crippen LogP contribution in [0.15, 0.2) is 0 Å². The van der Waals surface area contributed by atoms with Crippen LogP contribution in [0.1, 0.15) is 54.3 Å². The van der Waals surface area contributed by atoms with E-state index in [0.717, 1.165) is 18.0 Å². The molecule has 2 rings (SSSR count). The second-order valence-electron chi connectivity index (χ2n) is 5.93. The highest BCUT2D eigenvalue weighted by Gasteiger charge is 2.34. The minimum Gasteiger partial charge on any atom is -0.465 e. The van der Waals surface area contributed by atoms with Crippen molar-refractivity contribution in [1.82, 2.24) is 0 Å². The lowest BCUT2D eigenvalue weighted by molar-refractivity contribution is 0.0607. The second kappa shape index (κ2) is 6.04. The predicted molar refractivity (Wildman–Crippen MR) is 84.8 cm³/mol. The Labute approximate surface area is 124 Å². The molecule has 0 saturated heterocycles. The number of nitrogen functional groups attached to an aromatic ring is 1. The summed E-state index contributed by atoms with van der Waals surface area (Å²) in [5.41, 5.74) is 8.00. The number of rotatable bonds is 6. The van der Waals surface area contributed by atoms with Gasteiger partial charge in [0.05, 0.1) is 17.8 Å². The third kappa shape index (κ3) is 3.08. The van der Waals surface area contributed by atoms with E-state index < -0.39 is 0 Å². The lowest BCUT2D eigenvalue weighted by Gasteiger charge is -2.20. The molecule has 0 amide bonds. The van der Waals surface area contributed by atoms with E-state index in [-0.39, 0.29) is 5.97 Å². The van der Waals surface area contributed by atoms with Crippen molar-refractivity contribution in [3.8, 4) is 0 Å². The highest BCUT2D eigenvalue weighted by molar-refractivity contribution is 7.18. The van der Waals surface area contributed by atoms with Gasteiger partial charge in [-0.1, -0.05) is 13.8 Å². The van der Waals surface area contributed by atoms with E-state index in [2.05, 4.69) is 25.8 Å². The Hall–Kier alpha value is -1.23. The molecular weight excluding hydrogens is 272 g/mol. The van der Waals surface area contributed by atoms with Crippen molar-refractivity contribution in [2.24, 2.45) is 5.92 Å². The van der Waals surface area contributed by atoms with Crippen molar-refractivity contribution >= 4 is 28.0 Å². The standard InChI is InChI=1S/C15H24N2O2S/c1-9(2)7-8-17(3)14-11(10-5-6-10)12(16)13(20-14)15(18)19-4/h9-10H,5-8,16H2,1-4H3. The van der Waals surface area contributed by atoms with Gasteiger partial charge >= 0.3 is 5.97 Å². The number of hydrogen-bond donors (Lipinski definition) is 1. The van der Waals surface area contributed by atoms with Crippen LogP contribution in [-0.4, -0.2) is 26.7 Å². The van der Waals surface area contributed by atoms with Gasteiger partial charge in [0.15, 0.2) is 0 Å². The van der Waals surface area contributed by atoms with Crippen molar-refractivity contribution in [2.45, 2.75) is 39.0 Å². The first kappa shape index (κ1) is 15.2. The molecule has 5 heteroatoms. The molecule has 0 aliphatic heterocycles. The fraction of sp³-hybridized carbons (Fsp3) is 0.667. The van der Waals surface area contributed by atoms with Gasteiger partial charge in [-0.3, -0.25) is 0 Å². The second-order valence-corrected chi connectivity index (χ2v) is 6.93. The third-order valence-electron chi connectivity index (χ3n) is 3.71. The molecule has 0 spiro atoms. The number of esters is 1. The summed E-state index contributed by atoms with van der Waals surface area (Å²) in [5.74, 6) is 0.873. The number of nitrogens with zero attached hydrogens (tertiary/aromatic N) is 1. The van der Waals surface area contributed by atoms with E-state index in [1.807, 2.05) is 0 Å². The molecule has 0 radical (unpaired) electrons. The molecule has 1 aliphatic carbocycles. The number of nitrogens with two attached hydrogens (primary N) is 1. The zero-order valence-corrected chi connectivity index (χ0v) is 13.5. The number of hydrogen-bond acceptors (Lipinski definition) is 5. The van der Waals surface area contributed by atoms with Crippen LogP contribution in [0.5, 0.6) is 0 Å². The van der Waals surface area contributed by atoms with E-state index in [9.17, 15) is 4.79 Å². The fourth-order valence-electron chi connectivity index (χ4n) is 2.29. The first-order chi connectivity index (χ1) is 9.45. The Balaban J connectivity index is 2.28. The number of methoxy groups -OCH3 is 1. The molecule has 1 aliphatic rings. The summed E-state index contributed by atoms with van der Waals surface area (Å²) in [5, 5.41) is 1.14. The minimum atomic E-state index is -0.321. The number of ether oxygens (including phenoxy) is 1. The van der Waals surface area contributed by atoms with E-state index in [4.69, 9.17) is 10.5 Å². The van der Waals surface area contributed by atoms with Crippen molar-refractivity contribution in [1.29, 1.82) is 0 Å². The summed E-state index contributed by atoms with van der Waals surface area (Å²) in [6, 6.07) is 0. The van der Waals surface area contributed by atoms with E-state index >= 15 is 0 Å². The van der Waals surface area contributed by atoms with Gasteiger partial charge in [-0.25, -0.2) is 4.79 Å². The predicted octanol–water partition coefficient (Wildman–Crippen LogP) is 3.48.